The van der Waals surface area contributed by atoms with E-state index >= 15 is 0 Å². The van der Waals surface area contributed by atoms with Crippen LogP contribution in [0.5, 0.6) is 0 Å². The fourth-order valence-corrected chi connectivity index (χ4v) is 2.86. The molecule has 21 heavy (non-hydrogen) atoms. The quantitative estimate of drug-likeness (QED) is 0.616. The lowest BCUT2D eigenvalue weighted by atomic mass is 9.98. The van der Waals surface area contributed by atoms with Crippen molar-refractivity contribution in [1.29, 1.82) is 0 Å². The van der Waals surface area contributed by atoms with E-state index in [4.69, 9.17) is 0 Å². The van der Waals surface area contributed by atoms with Gasteiger partial charge in [0, 0.05) is 17.9 Å². The van der Waals surface area contributed by atoms with Gasteiger partial charge in [-0.05, 0) is 61.2 Å². The fourth-order valence-electron chi connectivity index (χ4n) is 2.86. The average Bonchev–Trinajstić information content (AvgIpc) is 2.53. The van der Waals surface area contributed by atoms with Gasteiger partial charge in [0.1, 0.15) is 6.29 Å². The van der Waals surface area contributed by atoms with Crippen molar-refractivity contribution in [2.24, 2.45) is 0 Å². The Bertz CT molecular complexity index is 670. The third-order valence-electron chi connectivity index (χ3n) is 3.94. The van der Waals surface area contributed by atoms with Crippen LogP contribution in [0.3, 0.4) is 0 Å². The highest BCUT2D eigenvalue weighted by molar-refractivity contribution is 5.76. The van der Waals surface area contributed by atoms with Crippen molar-refractivity contribution in [2.45, 2.75) is 19.8 Å². The first-order valence-corrected chi connectivity index (χ1v) is 7.37. The summed E-state index contributed by atoms with van der Waals surface area (Å²) >= 11 is 0. The number of benzene rings is 2. The van der Waals surface area contributed by atoms with E-state index in [1.165, 1.54) is 22.5 Å². The molecule has 3 rings (SSSR count). The van der Waals surface area contributed by atoms with Gasteiger partial charge in [0.2, 0.25) is 0 Å². The lowest BCUT2D eigenvalue weighted by Gasteiger charge is -2.31. The molecule has 0 saturated heterocycles. The van der Waals surface area contributed by atoms with E-state index in [0.717, 1.165) is 31.2 Å². The summed E-state index contributed by atoms with van der Waals surface area (Å²) < 4.78 is 0. The SMILES string of the molecule is Cc1ccc(N2CCCc3cc(/C=C/C=O)ccc32)cc1. The minimum atomic E-state index is 0.818. The standard InChI is InChI=1S/C19H19NO/c1-15-6-9-18(10-7-15)20-12-2-5-17-14-16(4-3-13-21)8-11-19(17)20/h3-4,6-11,13-14H,2,5,12H2,1H3/b4-3+. The number of fused-ring (bicyclic) bond motifs is 1. The summed E-state index contributed by atoms with van der Waals surface area (Å²) in [5.74, 6) is 0. The van der Waals surface area contributed by atoms with E-state index in [1.807, 2.05) is 6.08 Å². The van der Waals surface area contributed by atoms with Crippen LogP contribution in [0.1, 0.15) is 23.1 Å². The van der Waals surface area contributed by atoms with Crippen LogP contribution >= 0.6 is 0 Å². The van der Waals surface area contributed by atoms with Crippen molar-refractivity contribution in [3.8, 4) is 0 Å². The minimum Gasteiger partial charge on any atom is -0.341 e. The predicted molar refractivity (Wildman–Crippen MR) is 88.0 cm³/mol. The Morgan fingerprint density at radius 2 is 1.90 bits per heavy atom. The summed E-state index contributed by atoms with van der Waals surface area (Å²) in [4.78, 5) is 12.8. The Kier molecular flexibility index (Phi) is 3.87. The van der Waals surface area contributed by atoms with Gasteiger partial charge in [-0.1, -0.05) is 29.8 Å². The Labute approximate surface area is 125 Å². The third-order valence-corrected chi connectivity index (χ3v) is 3.94. The number of aldehydes is 1. The number of nitrogens with zero attached hydrogens (tertiary/aromatic N) is 1. The Hall–Kier alpha value is -2.35. The van der Waals surface area contributed by atoms with Crippen molar-refractivity contribution in [3.63, 3.8) is 0 Å². The van der Waals surface area contributed by atoms with Crippen molar-refractivity contribution in [1.82, 2.24) is 0 Å². The molecule has 1 aliphatic rings. The van der Waals surface area contributed by atoms with Gasteiger partial charge in [-0.25, -0.2) is 0 Å². The van der Waals surface area contributed by atoms with Crippen LogP contribution in [0.25, 0.3) is 6.08 Å². The maximum Gasteiger partial charge on any atom is 0.142 e. The smallest absolute Gasteiger partial charge is 0.142 e. The van der Waals surface area contributed by atoms with E-state index in [1.54, 1.807) is 6.08 Å². The lowest BCUT2D eigenvalue weighted by Crippen LogP contribution is -2.24. The zero-order valence-electron chi connectivity index (χ0n) is 12.3. The molecular weight excluding hydrogens is 258 g/mol. The van der Waals surface area contributed by atoms with E-state index in [-0.39, 0.29) is 0 Å². The fraction of sp³-hybridized carbons (Fsp3) is 0.211. The third kappa shape index (κ3) is 2.89. The first-order chi connectivity index (χ1) is 10.3. The molecule has 2 nitrogen and oxygen atoms in total. The number of carbonyl (C=O) groups is 1. The number of rotatable bonds is 3. The molecule has 0 amide bonds. The van der Waals surface area contributed by atoms with Crippen molar-refractivity contribution >= 4 is 23.7 Å². The van der Waals surface area contributed by atoms with Crippen molar-refractivity contribution < 1.29 is 4.79 Å². The van der Waals surface area contributed by atoms with Gasteiger partial charge in [0.05, 0.1) is 0 Å². The second-order valence-corrected chi connectivity index (χ2v) is 5.47. The van der Waals surface area contributed by atoms with Gasteiger partial charge in [0.15, 0.2) is 0 Å². The van der Waals surface area contributed by atoms with Gasteiger partial charge in [-0.3, -0.25) is 4.79 Å². The topological polar surface area (TPSA) is 20.3 Å². The van der Waals surface area contributed by atoms with Crippen LogP contribution < -0.4 is 4.90 Å². The number of aryl methyl sites for hydroxylation is 2. The molecule has 0 saturated carbocycles. The Morgan fingerprint density at radius 1 is 1.10 bits per heavy atom. The van der Waals surface area contributed by atoms with Crippen LogP contribution in [-0.4, -0.2) is 12.8 Å². The predicted octanol–water partition coefficient (Wildman–Crippen LogP) is 4.29. The first-order valence-electron chi connectivity index (χ1n) is 7.37. The molecule has 2 aromatic rings. The number of carbonyl (C=O) groups excluding carboxylic acids is 1. The van der Waals surface area contributed by atoms with E-state index < -0.39 is 0 Å². The maximum absolute atomic E-state index is 10.4. The molecule has 2 aromatic carbocycles. The van der Waals surface area contributed by atoms with Crippen LogP contribution in [0, 0.1) is 6.92 Å². The molecule has 0 aliphatic carbocycles. The molecule has 0 spiro atoms. The minimum absolute atomic E-state index is 0.818. The highest BCUT2D eigenvalue weighted by atomic mass is 16.1. The van der Waals surface area contributed by atoms with Gasteiger partial charge in [0.25, 0.3) is 0 Å². The molecule has 1 heterocycles. The van der Waals surface area contributed by atoms with Crippen LogP contribution in [0.2, 0.25) is 0 Å². The molecule has 2 heteroatoms. The lowest BCUT2D eigenvalue weighted by molar-refractivity contribution is -0.104. The summed E-state index contributed by atoms with van der Waals surface area (Å²) in [6.45, 7) is 3.17. The summed E-state index contributed by atoms with van der Waals surface area (Å²) in [5.41, 5.74) is 6.26. The summed E-state index contributed by atoms with van der Waals surface area (Å²) in [5, 5.41) is 0. The Morgan fingerprint density at radius 3 is 2.67 bits per heavy atom. The molecule has 0 aromatic heterocycles. The monoisotopic (exact) mass is 277 g/mol. The van der Waals surface area contributed by atoms with Gasteiger partial charge < -0.3 is 4.90 Å². The van der Waals surface area contributed by atoms with Crippen molar-refractivity contribution in [2.75, 3.05) is 11.4 Å². The molecule has 1 aliphatic heterocycles. The van der Waals surface area contributed by atoms with E-state index in [0.29, 0.717) is 0 Å². The average molecular weight is 277 g/mol. The summed E-state index contributed by atoms with van der Waals surface area (Å²) in [6, 6.07) is 15.1. The van der Waals surface area contributed by atoms with Crippen LogP contribution in [-0.2, 0) is 11.2 Å². The number of hydrogen-bond donors (Lipinski definition) is 0. The number of hydrogen-bond acceptors (Lipinski definition) is 2. The zero-order chi connectivity index (χ0) is 14.7. The first kappa shape index (κ1) is 13.6. The molecule has 0 radical (unpaired) electrons. The van der Waals surface area contributed by atoms with Gasteiger partial charge in [-0.15, -0.1) is 0 Å². The molecule has 0 N–H and O–H groups in total. The summed E-state index contributed by atoms with van der Waals surface area (Å²) in [6.07, 6.45) is 6.47. The van der Waals surface area contributed by atoms with Gasteiger partial charge >= 0.3 is 0 Å². The van der Waals surface area contributed by atoms with Crippen molar-refractivity contribution in [3.05, 3.63) is 65.2 Å². The number of anilines is 2. The Balaban J connectivity index is 1.96. The van der Waals surface area contributed by atoms with Crippen LogP contribution in [0.4, 0.5) is 11.4 Å². The second-order valence-electron chi connectivity index (χ2n) is 5.47. The molecule has 0 bridgehead atoms. The molecule has 0 fully saturated rings. The maximum atomic E-state index is 10.4. The highest BCUT2D eigenvalue weighted by Gasteiger charge is 2.18. The van der Waals surface area contributed by atoms with E-state index in [2.05, 4.69) is 54.3 Å². The molecule has 106 valence electrons. The normalized spacial score (nSPS) is 14.2. The number of allylic oxidation sites excluding steroid dienone is 1. The van der Waals surface area contributed by atoms with Crippen LogP contribution in [0.15, 0.2) is 48.5 Å². The zero-order valence-corrected chi connectivity index (χ0v) is 12.3. The molecule has 0 atom stereocenters. The molecular formula is C19H19NO. The van der Waals surface area contributed by atoms with Gasteiger partial charge in [-0.2, -0.15) is 0 Å². The summed E-state index contributed by atoms with van der Waals surface area (Å²) in [7, 11) is 0. The second kappa shape index (κ2) is 5.96. The largest absolute Gasteiger partial charge is 0.341 e. The molecule has 0 unspecified atom stereocenters. The van der Waals surface area contributed by atoms with E-state index in [9.17, 15) is 4.79 Å². The highest BCUT2D eigenvalue weighted by Crippen LogP contribution is 2.34.